The monoisotopic (exact) mass is 328 g/mol. The van der Waals surface area contributed by atoms with Crippen molar-refractivity contribution in [3.63, 3.8) is 0 Å². The minimum absolute atomic E-state index is 0.0994. The highest BCUT2D eigenvalue weighted by molar-refractivity contribution is 5.89. The molecule has 2 heterocycles. The fraction of sp³-hybridized carbons (Fsp3) is 0.333. The van der Waals surface area contributed by atoms with E-state index in [1.165, 1.54) is 0 Å². The fourth-order valence-corrected chi connectivity index (χ4v) is 3.13. The smallest absolute Gasteiger partial charge is 0.410 e. The van der Waals surface area contributed by atoms with Crippen molar-refractivity contribution in [3.8, 4) is 0 Å². The molecule has 1 aliphatic rings. The summed E-state index contributed by atoms with van der Waals surface area (Å²) in [6.07, 6.45) is -0.337. The third kappa shape index (κ3) is 2.99. The molecule has 6 nitrogen and oxygen atoms in total. The molecule has 1 fully saturated rings. The number of carboxylic acids is 1. The summed E-state index contributed by atoms with van der Waals surface area (Å²) in [5.41, 5.74) is 2.89. The predicted molar refractivity (Wildman–Crippen MR) is 88.1 cm³/mol. The number of aromatic nitrogens is 1. The summed E-state index contributed by atoms with van der Waals surface area (Å²) in [7, 11) is 0. The number of rotatable bonds is 4. The van der Waals surface area contributed by atoms with Crippen LogP contribution in [0.25, 0.3) is 0 Å². The molecule has 6 heteroatoms. The molecule has 126 valence electrons. The summed E-state index contributed by atoms with van der Waals surface area (Å²) in [5, 5.41) is 9.20. The average molecular weight is 328 g/mol. The van der Waals surface area contributed by atoms with E-state index in [-0.39, 0.29) is 18.7 Å². The molecule has 1 saturated heterocycles. The Morgan fingerprint density at radius 3 is 2.46 bits per heavy atom. The molecule has 0 bridgehead atoms. The number of likely N-dealkylation sites (tertiary alicyclic amines) is 1. The minimum Gasteiger partial charge on any atom is -0.478 e. The molecule has 0 radical (unpaired) electrons. The fourth-order valence-electron chi connectivity index (χ4n) is 3.13. The van der Waals surface area contributed by atoms with E-state index < -0.39 is 5.97 Å². The first-order valence-electron chi connectivity index (χ1n) is 7.84. The molecule has 2 aromatic rings. The Kier molecular flexibility index (Phi) is 4.29. The summed E-state index contributed by atoms with van der Waals surface area (Å²) < 4.78 is 7.29. The topological polar surface area (TPSA) is 71.8 Å². The van der Waals surface area contributed by atoms with Crippen molar-refractivity contribution in [3.05, 3.63) is 58.9 Å². The van der Waals surface area contributed by atoms with E-state index in [0.717, 1.165) is 17.0 Å². The zero-order valence-corrected chi connectivity index (χ0v) is 13.7. The molecule has 0 atom stereocenters. The molecule has 0 saturated carbocycles. The molecule has 1 amide bonds. The van der Waals surface area contributed by atoms with Gasteiger partial charge in [0, 0.05) is 24.5 Å². The number of hydrogen-bond acceptors (Lipinski definition) is 3. The van der Waals surface area contributed by atoms with Crippen molar-refractivity contribution in [2.75, 3.05) is 13.1 Å². The number of aryl methyl sites for hydroxylation is 1. The molecule has 0 spiro atoms. The van der Waals surface area contributed by atoms with Crippen LogP contribution in [0.5, 0.6) is 0 Å². The van der Waals surface area contributed by atoms with Gasteiger partial charge in [0.15, 0.2) is 0 Å². The first kappa shape index (κ1) is 16.1. The number of hydrogen-bond donors (Lipinski definition) is 1. The van der Waals surface area contributed by atoms with Crippen LogP contribution in [0.1, 0.15) is 33.4 Å². The normalized spacial score (nSPS) is 14.3. The third-order valence-electron chi connectivity index (χ3n) is 4.41. The van der Waals surface area contributed by atoms with Crippen LogP contribution in [-0.4, -0.2) is 39.7 Å². The van der Waals surface area contributed by atoms with E-state index in [2.05, 4.69) is 0 Å². The summed E-state index contributed by atoms with van der Waals surface area (Å²) >= 11 is 0. The Bertz CT molecular complexity index is 761. The highest BCUT2D eigenvalue weighted by Gasteiger charge is 2.35. The van der Waals surface area contributed by atoms with Gasteiger partial charge in [0.1, 0.15) is 6.61 Å². The zero-order valence-electron chi connectivity index (χ0n) is 13.7. The van der Waals surface area contributed by atoms with Gasteiger partial charge in [-0.05, 0) is 25.5 Å². The van der Waals surface area contributed by atoms with E-state index in [0.29, 0.717) is 18.7 Å². The highest BCUT2D eigenvalue weighted by Crippen LogP contribution is 2.28. The quantitative estimate of drug-likeness (QED) is 0.936. The van der Waals surface area contributed by atoms with Gasteiger partial charge in [-0.3, -0.25) is 0 Å². The van der Waals surface area contributed by atoms with E-state index in [9.17, 15) is 14.7 Å². The van der Waals surface area contributed by atoms with Crippen molar-refractivity contribution in [1.29, 1.82) is 0 Å². The number of carbonyl (C=O) groups excluding carboxylic acids is 1. The number of carboxylic acid groups (broad SMARTS) is 1. The number of amides is 1. The van der Waals surface area contributed by atoms with Crippen LogP contribution in [0.4, 0.5) is 4.79 Å². The predicted octanol–water partition coefficient (Wildman–Crippen LogP) is 3.00. The van der Waals surface area contributed by atoms with Gasteiger partial charge in [0.2, 0.25) is 0 Å². The third-order valence-corrected chi connectivity index (χ3v) is 4.41. The second-order valence-corrected chi connectivity index (χ2v) is 6.06. The molecular formula is C18H20N2O4. The summed E-state index contributed by atoms with van der Waals surface area (Å²) in [6, 6.07) is 11.3. The number of carbonyl (C=O) groups is 2. The summed E-state index contributed by atoms with van der Waals surface area (Å²) in [5.74, 6) is -0.923. The molecule has 24 heavy (non-hydrogen) atoms. The lowest BCUT2D eigenvalue weighted by atomic mass is 10.1. The van der Waals surface area contributed by atoms with Gasteiger partial charge >= 0.3 is 12.1 Å². The van der Waals surface area contributed by atoms with Crippen LogP contribution in [0.15, 0.2) is 36.4 Å². The molecule has 3 rings (SSSR count). The van der Waals surface area contributed by atoms with Crippen molar-refractivity contribution in [1.82, 2.24) is 9.47 Å². The lowest BCUT2D eigenvalue weighted by molar-refractivity contribution is 0.0515. The number of ether oxygens (including phenoxy) is 1. The second kappa shape index (κ2) is 6.39. The van der Waals surface area contributed by atoms with Gasteiger partial charge in [0.05, 0.1) is 11.6 Å². The van der Waals surface area contributed by atoms with Crippen LogP contribution in [0.3, 0.4) is 0 Å². The lowest BCUT2D eigenvalue weighted by Gasteiger charge is -2.40. The van der Waals surface area contributed by atoms with Crippen molar-refractivity contribution in [2.45, 2.75) is 26.5 Å². The molecular weight excluding hydrogens is 308 g/mol. The molecule has 0 unspecified atom stereocenters. The Morgan fingerprint density at radius 1 is 1.21 bits per heavy atom. The van der Waals surface area contributed by atoms with E-state index in [1.54, 1.807) is 17.9 Å². The SMILES string of the molecule is Cc1cc(C(=O)O)c(C)n1C1CN(C(=O)OCc2ccccc2)C1. The molecule has 1 aliphatic heterocycles. The Balaban J connectivity index is 1.57. The van der Waals surface area contributed by atoms with E-state index >= 15 is 0 Å². The highest BCUT2D eigenvalue weighted by atomic mass is 16.6. The first-order valence-corrected chi connectivity index (χ1v) is 7.84. The van der Waals surface area contributed by atoms with Crippen LogP contribution >= 0.6 is 0 Å². The van der Waals surface area contributed by atoms with E-state index in [4.69, 9.17) is 4.74 Å². The van der Waals surface area contributed by atoms with Gasteiger partial charge in [-0.15, -0.1) is 0 Å². The standard InChI is InChI=1S/C18H20N2O4/c1-12-8-16(17(21)22)13(2)20(12)15-9-19(10-15)18(23)24-11-14-6-4-3-5-7-14/h3-8,15H,9-11H2,1-2H3,(H,21,22). The molecule has 1 aromatic carbocycles. The Hall–Kier alpha value is -2.76. The second-order valence-electron chi connectivity index (χ2n) is 6.06. The minimum atomic E-state index is -0.923. The van der Waals surface area contributed by atoms with Gasteiger partial charge < -0.3 is 19.3 Å². The van der Waals surface area contributed by atoms with Crippen LogP contribution in [-0.2, 0) is 11.3 Å². The Labute approximate surface area is 140 Å². The van der Waals surface area contributed by atoms with E-state index in [1.807, 2.05) is 41.8 Å². The molecule has 1 aromatic heterocycles. The molecule has 1 N–H and O–H groups in total. The van der Waals surface area contributed by atoms with Crippen molar-refractivity contribution < 1.29 is 19.4 Å². The van der Waals surface area contributed by atoms with Gasteiger partial charge in [-0.2, -0.15) is 0 Å². The maximum Gasteiger partial charge on any atom is 0.410 e. The molecule has 0 aliphatic carbocycles. The Morgan fingerprint density at radius 2 is 1.88 bits per heavy atom. The van der Waals surface area contributed by atoms with Crippen molar-refractivity contribution >= 4 is 12.1 Å². The number of benzene rings is 1. The number of nitrogens with zero attached hydrogens (tertiary/aromatic N) is 2. The largest absolute Gasteiger partial charge is 0.478 e. The maximum absolute atomic E-state index is 12.1. The van der Waals surface area contributed by atoms with Crippen LogP contribution in [0, 0.1) is 13.8 Å². The van der Waals surface area contributed by atoms with Gasteiger partial charge in [0.25, 0.3) is 0 Å². The first-order chi connectivity index (χ1) is 11.5. The summed E-state index contributed by atoms with van der Waals surface area (Å²) in [4.78, 5) is 24.9. The zero-order chi connectivity index (χ0) is 17.3. The van der Waals surface area contributed by atoms with Crippen LogP contribution in [0.2, 0.25) is 0 Å². The maximum atomic E-state index is 12.1. The van der Waals surface area contributed by atoms with Crippen LogP contribution < -0.4 is 0 Å². The van der Waals surface area contributed by atoms with Crippen molar-refractivity contribution in [2.24, 2.45) is 0 Å². The van der Waals surface area contributed by atoms with Gasteiger partial charge in [-0.1, -0.05) is 30.3 Å². The number of aromatic carboxylic acids is 1. The summed E-state index contributed by atoms with van der Waals surface area (Å²) in [6.45, 7) is 5.00. The lowest BCUT2D eigenvalue weighted by Crippen LogP contribution is -2.51. The average Bonchev–Trinajstić information content (AvgIpc) is 2.81. The van der Waals surface area contributed by atoms with Gasteiger partial charge in [-0.25, -0.2) is 9.59 Å².